The maximum Gasteiger partial charge on any atom is 0.161 e. The maximum atomic E-state index is 10.8. The summed E-state index contributed by atoms with van der Waals surface area (Å²) in [6.07, 6.45) is 3.79. The summed E-state index contributed by atoms with van der Waals surface area (Å²) in [6.45, 7) is 6.62. The molecule has 146 valence electrons. The molecule has 2 N–H and O–H groups in total. The van der Waals surface area contributed by atoms with Gasteiger partial charge in [0.15, 0.2) is 11.5 Å². The number of hydrogen-bond acceptors (Lipinski definition) is 5. The topological polar surface area (TPSA) is 62.2 Å². The summed E-state index contributed by atoms with van der Waals surface area (Å²) in [6, 6.07) is 4.07. The molecule has 3 rings (SSSR count). The standard InChI is InChI=1S/C21H33NO4/c1-5-16(26-11-10-25-4)13-21-8-9-22(3)17(14(21)2)12-15-6-7-18(23)20(24)19(15)21/h6-7,14,16-17,23-24H,5,8-13H2,1-4H3/t14?,16-,17-,21+/m1/s1. The van der Waals surface area contributed by atoms with Crippen LogP contribution >= 0.6 is 0 Å². The zero-order valence-corrected chi connectivity index (χ0v) is 16.5. The van der Waals surface area contributed by atoms with Gasteiger partial charge in [-0.1, -0.05) is 19.9 Å². The molecule has 0 radical (unpaired) electrons. The number of fused-ring (bicyclic) bond motifs is 4. The molecular weight excluding hydrogens is 330 g/mol. The van der Waals surface area contributed by atoms with E-state index in [2.05, 4.69) is 25.8 Å². The zero-order chi connectivity index (χ0) is 18.9. The molecule has 1 aromatic carbocycles. The van der Waals surface area contributed by atoms with Crippen molar-refractivity contribution in [2.24, 2.45) is 5.92 Å². The summed E-state index contributed by atoms with van der Waals surface area (Å²) in [5.41, 5.74) is 1.96. The fourth-order valence-corrected chi connectivity index (χ4v) is 5.19. The van der Waals surface area contributed by atoms with Crippen molar-refractivity contribution in [1.82, 2.24) is 4.90 Å². The number of piperidine rings is 1. The fourth-order valence-electron chi connectivity index (χ4n) is 5.19. The van der Waals surface area contributed by atoms with Crippen LogP contribution in [-0.2, 0) is 21.3 Å². The van der Waals surface area contributed by atoms with E-state index in [9.17, 15) is 10.2 Å². The molecule has 2 bridgehead atoms. The van der Waals surface area contributed by atoms with Crippen molar-refractivity contribution in [1.29, 1.82) is 0 Å². The summed E-state index contributed by atoms with van der Waals surface area (Å²) in [5.74, 6) is 0.451. The van der Waals surface area contributed by atoms with Crippen LogP contribution in [-0.4, -0.2) is 61.2 Å². The van der Waals surface area contributed by atoms with Crippen molar-refractivity contribution >= 4 is 0 Å². The minimum Gasteiger partial charge on any atom is -0.504 e. The van der Waals surface area contributed by atoms with Gasteiger partial charge in [0.25, 0.3) is 0 Å². The molecule has 1 aliphatic heterocycles. The van der Waals surface area contributed by atoms with Gasteiger partial charge in [0.1, 0.15) is 0 Å². The molecule has 0 spiro atoms. The lowest BCUT2D eigenvalue weighted by molar-refractivity contribution is -0.0336. The van der Waals surface area contributed by atoms with Crippen molar-refractivity contribution in [3.8, 4) is 11.5 Å². The van der Waals surface area contributed by atoms with Crippen molar-refractivity contribution in [2.75, 3.05) is 33.9 Å². The Kier molecular flexibility index (Phi) is 5.80. The number of hydrogen-bond donors (Lipinski definition) is 2. The lowest BCUT2D eigenvalue weighted by atomic mass is 9.55. The second kappa shape index (κ2) is 7.75. The molecule has 0 aromatic heterocycles. The monoisotopic (exact) mass is 363 g/mol. The third kappa shape index (κ3) is 3.21. The summed E-state index contributed by atoms with van der Waals surface area (Å²) in [5, 5.41) is 21.0. The molecule has 1 heterocycles. The molecule has 1 aliphatic carbocycles. The molecular formula is C21H33NO4. The summed E-state index contributed by atoms with van der Waals surface area (Å²) in [7, 11) is 3.88. The Bertz CT molecular complexity index is 635. The molecule has 2 aliphatic rings. The highest BCUT2D eigenvalue weighted by Crippen LogP contribution is 2.55. The maximum absolute atomic E-state index is 10.8. The molecule has 1 aromatic rings. The first-order valence-electron chi connectivity index (χ1n) is 9.79. The van der Waals surface area contributed by atoms with Crippen LogP contribution < -0.4 is 0 Å². The Balaban J connectivity index is 2.00. The van der Waals surface area contributed by atoms with E-state index in [1.54, 1.807) is 13.2 Å². The van der Waals surface area contributed by atoms with Gasteiger partial charge in [0.2, 0.25) is 0 Å². The van der Waals surface area contributed by atoms with Crippen molar-refractivity contribution < 1.29 is 19.7 Å². The Morgan fingerprint density at radius 2 is 2.08 bits per heavy atom. The van der Waals surface area contributed by atoms with Crippen LogP contribution in [0.25, 0.3) is 0 Å². The smallest absolute Gasteiger partial charge is 0.161 e. The first-order chi connectivity index (χ1) is 12.4. The number of nitrogens with zero attached hydrogens (tertiary/aromatic N) is 1. The van der Waals surface area contributed by atoms with E-state index in [1.807, 2.05) is 6.07 Å². The van der Waals surface area contributed by atoms with Gasteiger partial charge in [-0.15, -0.1) is 0 Å². The quantitative estimate of drug-likeness (QED) is 0.576. The van der Waals surface area contributed by atoms with Crippen LogP contribution in [0.3, 0.4) is 0 Å². The number of rotatable bonds is 7. The average Bonchev–Trinajstić information content (AvgIpc) is 2.62. The molecule has 5 heteroatoms. The van der Waals surface area contributed by atoms with Crippen molar-refractivity contribution in [3.63, 3.8) is 0 Å². The Hall–Kier alpha value is -1.30. The second-order valence-corrected chi connectivity index (χ2v) is 8.01. The number of methoxy groups -OCH3 is 1. The molecule has 4 atom stereocenters. The van der Waals surface area contributed by atoms with E-state index in [4.69, 9.17) is 9.47 Å². The SMILES string of the molecule is CC[C@H](C[C@]12CCN(C)[C@H](Cc3ccc(O)c(O)c31)C2C)OCCOC. The van der Waals surface area contributed by atoms with Crippen molar-refractivity contribution in [2.45, 2.75) is 57.1 Å². The van der Waals surface area contributed by atoms with E-state index < -0.39 is 0 Å². The average molecular weight is 363 g/mol. The Morgan fingerprint density at radius 3 is 2.77 bits per heavy atom. The van der Waals surface area contributed by atoms with Crippen LogP contribution in [0.5, 0.6) is 11.5 Å². The molecule has 0 saturated carbocycles. The predicted molar refractivity (Wildman–Crippen MR) is 102 cm³/mol. The fraction of sp³-hybridized carbons (Fsp3) is 0.714. The first kappa shape index (κ1) is 19.5. The number of likely N-dealkylation sites (tertiary alicyclic amines) is 1. The number of benzene rings is 1. The number of phenolic OH excluding ortho intramolecular Hbond substituents is 2. The van der Waals surface area contributed by atoms with Gasteiger partial charge in [0.05, 0.1) is 19.3 Å². The molecule has 26 heavy (non-hydrogen) atoms. The number of ether oxygens (including phenoxy) is 2. The predicted octanol–water partition coefficient (Wildman–Crippen LogP) is 3.06. The van der Waals surface area contributed by atoms with Crippen LogP contribution in [0, 0.1) is 5.92 Å². The van der Waals surface area contributed by atoms with E-state index in [0.717, 1.165) is 37.8 Å². The van der Waals surface area contributed by atoms with Gasteiger partial charge in [-0.25, -0.2) is 0 Å². The second-order valence-electron chi connectivity index (χ2n) is 8.01. The van der Waals surface area contributed by atoms with E-state index in [0.29, 0.717) is 25.2 Å². The van der Waals surface area contributed by atoms with Gasteiger partial charge in [-0.05, 0) is 56.8 Å². The van der Waals surface area contributed by atoms with Crippen LogP contribution in [0.1, 0.15) is 44.2 Å². The van der Waals surface area contributed by atoms with Crippen LogP contribution in [0.15, 0.2) is 12.1 Å². The highest BCUT2D eigenvalue weighted by molar-refractivity contribution is 5.55. The van der Waals surface area contributed by atoms with Gasteiger partial charge >= 0.3 is 0 Å². The van der Waals surface area contributed by atoms with Gasteiger partial charge in [-0.3, -0.25) is 0 Å². The third-order valence-electron chi connectivity index (χ3n) is 6.78. The highest BCUT2D eigenvalue weighted by atomic mass is 16.5. The van der Waals surface area contributed by atoms with E-state index in [1.165, 1.54) is 5.56 Å². The minimum absolute atomic E-state index is 0.0129. The number of phenols is 2. The van der Waals surface area contributed by atoms with Crippen LogP contribution in [0.4, 0.5) is 0 Å². The molecule has 1 fully saturated rings. The van der Waals surface area contributed by atoms with Crippen LogP contribution in [0.2, 0.25) is 0 Å². The van der Waals surface area contributed by atoms with Crippen molar-refractivity contribution in [3.05, 3.63) is 23.3 Å². The summed E-state index contributed by atoms with van der Waals surface area (Å²) < 4.78 is 11.2. The molecule has 1 saturated heterocycles. The van der Waals surface area contributed by atoms with Gasteiger partial charge in [-0.2, -0.15) is 0 Å². The van der Waals surface area contributed by atoms with E-state index in [-0.39, 0.29) is 23.0 Å². The Morgan fingerprint density at radius 1 is 1.31 bits per heavy atom. The molecule has 5 nitrogen and oxygen atoms in total. The normalized spacial score (nSPS) is 29.4. The first-order valence-corrected chi connectivity index (χ1v) is 9.79. The lowest BCUT2D eigenvalue weighted by Gasteiger charge is -2.56. The Labute approximate surface area is 156 Å². The number of aromatic hydroxyl groups is 2. The van der Waals surface area contributed by atoms with Gasteiger partial charge in [0, 0.05) is 24.1 Å². The highest BCUT2D eigenvalue weighted by Gasteiger charge is 2.52. The number of likely N-dealkylation sites (N-methyl/N-ethyl adjacent to an activating group) is 1. The largest absolute Gasteiger partial charge is 0.504 e. The summed E-state index contributed by atoms with van der Waals surface area (Å²) in [4.78, 5) is 2.45. The van der Waals surface area contributed by atoms with E-state index >= 15 is 0 Å². The van der Waals surface area contributed by atoms with Gasteiger partial charge < -0.3 is 24.6 Å². The molecule has 0 amide bonds. The zero-order valence-electron chi connectivity index (χ0n) is 16.5. The lowest BCUT2D eigenvalue weighted by Crippen LogP contribution is -2.58. The minimum atomic E-state index is -0.165. The molecule has 1 unspecified atom stereocenters. The summed E-state index contributed by atoms with van der Waals surface area (Å²) >= 11 is 0. The third-order valence-corrected chi connectivity index (χ3v) is 6.78.